The van der Waals surface area contributed by atoms with Gasteiger partial charge in [0.25, 0.3) is 0 Å². The summed E-state index contributed by atoms with van der Waals surface area (Å²) in [5, 5.41) is 15.7. The Morgan fingerprint density at radius 2 is 1.91 bits per heavy atom. The summed E-state index contributed by atoms with van der Waals surface area (Å²) in [5.41, 5.74) is -0.996. The molecule has 1 saturated carbocycles. The van der Waals surface area contributed by atoms with Crippen LogP contribution in [-0.2, 0) is 25.0 Å². The van der Waals surface area contributed by atoms with Crippen LogP contribution in [0.2, 0.25) is 0 Å². The van der Waals surface area contributed by atoms with E-state index in [2.05, 4.69) is 10.4 Å². The van der Waals surface area contributed by atoms with Crippen LogP contribution in [0.25, 0.3) is 0 Å². The second-order valence-corrected chi connectivity index (χ2v) is 8.79. The van der Waals surface area contributed by atoms with E-state index in [0.29, 0.717) is 25.7 Å². The standard InChI is InChI=1S/C14H21N3O5S/c1-13(2,12(19)20)17-9-10(8-15-17)16-11(18)14(23(3,21)22)6-4-5-7-14/h8-9H,4-7H2,1-3H3,(H,16,18)(H,19,20). The molecule has 0 atom stereocenters. The molecular weight excluding hydrogens is 322 g/mol. The van der Waals surface area contributed by atoms with Crippen molar-refractivity contribution in [1.29, 1.82) is 0 Å². The Morgan fingerprint density at radius 3 is 2.39 bits per heavy atom. The topological polar surface area (TPSA) is 118 Å². The normalized spacial score (nSPS) is 17.9. The number of nitrogens with zero attached hydrogens (tertiary/aromatic N) is 2. The summed E-state index contributed by atoms with van der Waals surface area (Å²) in [7, 11) is -3.55. The molecule has 0 aromatic carbocycles. The molecule has 23 heavy (non-hydrogen) atoms. The quantitative estimate of drug-likeness (QED) is 0.823. The van der Waals surface area contributed by atoms with Gasteiger partial charge in [0.1, 0.15) is 0 Å². The molecule has 1 aliphatic rings. The van der Waals surface area contributed by atoms with Crippen LogP contribution in [0.5, 0.6) is 0 Å². The van der Waals surface area contributed by atoms with Gasteiger partial charge in [-0.15, -0.1) is 0 Å². The third-order valence-electron chi connectivity index (χ3n) is 4.47. The molecule has 1 aromatic rings. The van der Waals surface area contributed by atoms with Gasteiger partial charge in [0.2, 0.25) is 5.91 Å². The molecule has 0 aliphatic heterocycles. The lowest BCUT2D eigenvalue weighted by molar-refractivity contribution is -0.146. The van der Waals surface area contributed by atoms with Gasteiger partial charge in [-0.3, -0.25) is 9.48 Å². The van der Waals surface area contributed by atoms with Gasteiger partial charge in [0, 0.05) is 12.5 Å². The first-order valence-corrected chi connectivity index (χ1v) is 9.19. The summed E-state index contributed by atoms with van der Waals surface area (Å²) in [5.74, 6) is -1.65. The number of aromatic nitrogens is 2. The van der Waals surface area contributed by atoms with Gasteiger partial charge >= 0.3 is 5.97 Å². The Morgan fingerprint density at radius 1 is 1.35 bits per heavy atom. The highest BCUT2D eigenvalue weighted by Crippen LogP contribution is 2.37. The van der Waals surface area contributed by atoms with E-state index in [1.807, 2.05) is 0 Å². The number of carboxylic acids is 1. The minimum atomic E-state index is -3.55. The number of sulfone groups is 1. The molecule has 1 amide bonds. The predicted octanol–water partition coefficient (Wildman–Crippen LogP) is 0.999. The first-order valence-electron chi connectivity index (χ1n) is 7.30. The maximum Gasteiger partial charge on any atom is 0.331 e. The number of amides is 1. The average molecular weight is 343 g/mol. The minimum Gasteiger partial charge on any atom is -0.479 e. The molecule has 2 N–H and O–H groups in total. The number of rotatable bonds is 5. The molecule has 0 unspecified atom stereocenters. The number of carbonyl (C=O) groups is 2. The van der Waals surface area contributed by atoms with Crippen molar-refractivity contribution in [3.8, 4) is 0 Å². The molecule has 0 bridgehead atoms. The van der Waals surface area contributed by atoms with Crippen molar-refractivity contribution in [3.05, 3.63) is 12.4 Å². The molecule has 0 spiro atoms. The van der Waals surface area contributed by atoms with Crippen LogP contribution in [0.15, 0.2) is 12.4 Å². The van der Waals surface area contributed by atoms with Crippen LogP contribution in [0, 0.1) is 0 Å². The fourth-order valence-electron chi connectivity index (χ4n) is 2.75. The zero-order valence-electron chi connectivity index (χ0n) is 13.4. The fourth-order valence-corrected chi connectivity index (χ4v) is 4.17. The van der Waals surface area contributed by atoms with Crippen molar-refractivity contribution < 1.29 is 23.1 Å². The van der Waals surface area contributed by atoms with Crippen LogP contribution in [-0.4, -0.2) is 46.2 Å². The SMILES string of the molecule is CC(C)(C(=O)O)n1cc(NC(=O)C2(S(C)(=O)=O)CCCC2)cn1. The smallest absolute Gasteiger partial charge is 0.331 e. The summed E-state index contributed by atoms with van der Waals surface area (Å²) in [4.78, 5) is 23.7. The molecule has 1 fully saturated rings. The first kappa shape index (κ1) is 17.5. The minimum absolute atomic E-state index is 0.277. The zero-order chi connectivity index (χ0) is 17.5. The van der Waals surface area contributed by atoms with Crippen molar-refractivity contribution >= 4 is 27.4 Å². The first-order chi connectivity index (χ1) is 10.5. The van der Waals surface area contributed by atoms with E-state index < -0.39 is 32.0 Å². The molecule has 0 saturated heterocycles. The van der Waals surface area contributed by atoms with Crippen LogP contribution < -0.4 is 5.32 Å². The van der Waals surface area contributed by atoms with Gasteiger partial charge in [0.15, 0.2) is 20.1 Å². The number of nitrogens with one attached hydrogen (secondary N) is 1. The molecule has 0 radical (unpaired) electrons. The van der Waals surface area contributed by atoms with E-state index in [1.165, 1.54) is 30.9 Å². The molecule has 8 nitrogen and oxygen atoms in total. The molecule has 128 valence electrons. The average Bonchev–Trinajstić information content (AvgIpc) is 3.06. The Hall–Kier alpha value is -1.90. The van der Waals surface area contributed by atoms with E-state index in [9.17, 15) is 23.1 Å². The zero-order valence-corrected chi connectivity index (χ0v) is 14.2. The molecule has 1 heterocycles. The predicted molar refractivity (Wildman–Crippen MR) is 83.9 cm³/mol. The van der Waals surface area contributed by atoms with Gasteiger partial charge in [-0.05, 0) is 26.7 Å². The van der Waals surface area contributed by atoms with Crippen molar-refractivity contribution in [2.24, 2.45) is 0 Å². The Kier molecular flexibility index (Phi) is 4.27. The Balaban J connectivity index is 2.25. The number of anilines is 1. The van der Waals surface area contributed by atoms with Crippen molar-refractivity contribution in [1.82, 2.24) is 9.78 Å². The molecule has 1 aromatic heterocycles. The van der Waals surface area contributed by atoms with E-state index in [-0.39, 0.29) is 5.69 Å². The van der Waals surface area contributed by atoms with E-state index in [1.54, 1.807) is 0 Å². The van der Waals surface area contributed by atoms with Gasteiger partial charge in [-0.2, -0.15) is 5.10 Å². The molecule has 2 rings (SSSR count). The maximum atomic E-state index is 12.5. The molecule has 1 aliphatic carbocycles. The monoisotopic (exact) mass is 343 g/mol. The highest BCUT2D eigenvalue weighted by atomic mass is 32.2. The second-order valence-electron chi connectivity index (χ2n) is 6.47. The van der Waals surface area contributed by atoms with E-state index >= 15 is 0 Å². The lowest BCUT2D eigenvalue weighted by Crippen LogP contribution is -2.47. The van der Waals surface area contributed by atoms with E-state index in [4.69, 9.17) is 0 Å². The summed E-state index contributed by atoms with van der Waals surface area (Å²) in [6.45, 7) is 2.95. The van der Waals surface area contributed by atoms with Crippen molar-refractivity contribution in [3.63, 3.8) is 0 Å². The fraction of sp³-hybridized carbons (Fsp3) is 0.643. The maximum absolute atomic E-state index is 12.5. The third-order valence-corrected chi connectivity index (χ3v) is 6.48. The largest absolute Gasteiger partial charge is 0.479 e. The van der Waals surface area contributed by atoms with E-state index in [0.717, 1.165) is 6.26 Å². The summed E-state index contributed by atoms with van der Waals surface area (Å²) >= 11 is 0. The van der Waals surface area contributed by atoms with Crippen molar-refractivity contribution in [2.45, 2.75) is 49.8 Å². The highest BCUT2D eigenvalue weighted by molar-refractivity contribution is 7.92. The number of aliphatic carboxylic acids is 1. The molecule has 9 heteroatoms. The van der Waals surface area contributed by atoms with Crippen molar-refractivity contribution in [2.75, 3.05) is 11.6 Å². The number of carboxylic acid groups (broad SMARTS) is 1. The van der Waals surface area contributed by atoms with Gasteiger partial charge < -0.3 is 10.4 Å². The van der Waals surface area contributed by atoms with Crippen LogP contribution >= 0.6 is 0 Å². The summed E-state index contributed by atoms with van der Waals surface area (Å²) < 4.78 is 24.0. The van der Waals surface area contributed by atoms with Crippen LogP contribution in [0.4, 0.5) is 5.69 Å². The lowest BCUT2D eigenvalue weighted by Gasteiger charge is -2.25. The lowest BCUT2D eigenvalue weighted by atomic mass is 10.1. The highest BCUT2D eigenvalue weighted by Gasteiger charge is 2.50. The van der Waals surface area contributed by atoms with Gasteiger partial charge in [-0.1, -0.05) is 12.8 Å². The molecular formula is C14H21N3O5S. The number of carbonyl (C=O) groups excluding carboxylic acids is 1. The second kappa shape index (κ2) is 5.63. The van der Waals surface area contributed by atoms with Crippen LogP contribution in [0.3, 0.4) is 0 Å². The number of hydrogen-bond acceptors (Lipinski definition) is 5. The number of hydrogen-bond donors (Lipinski definition) is 2. The van der Waals surface area contributed by atoms with Gasteiger partial charge in [-0.25, -0.2) is 13.2 Å². The third kappa shape index (κ3) is 2.97. The summed E-state index contributed by atoms with van der Waals surface area (Å²) in [6, 6.07) is 0. The van der Waals surface area contributed by atoms with Gasteiger partial charge in [0.05, 0.1) is 11.9 Å². The Labute approximate surface area is 134 Å². The summed E-state index contributed by atoms with van der Waals surface area (Å²) in [6.07, 6.45) is 5.75. The Bertz CT molecular complexity index is 729. The van der Waals surface area contributed by atoms with Crippen LogP contribution in [0.1, 0.15) is 39.5 Å².